The van der Waals surface area contributed by atoms with Gasteiger partial charge < -0.3 is 4.74 Å². The zero-order chi connectivity index (χ0) is 13.8. The molecule has 0 aliphatic carbocycles. The molecule has 0 saturated heterocycles. The van der Waals surface area contributed by atoms with Crippen molar-refractivity contribution in [2.45, 2.75) is 12.3 Å². The number of nitrogens with zero attached hydrogens (tertiary/aromatic N) is 2. The van der Waals surface area contributed by atoms with Crippen molar-refractivity contribution < 1.29 is 13.9 Å². The topological polar surface area (TPSA) is 67.9 Å². The van der Waals surface area contributed by atoms with E-state index in [2.05, 4.69) is 31.3 Å². The Hall–Kier alpha value is -1.76. The molecule has 100 valence electrons. The van der Waals surface area contributed by atoms with Crippen LogP contribution in [-0.4, -0.2) is 28.0 Å². The Morgan fingerprint density at radius 3 is 2.95 bits per heavy atom. The zero-order valence-corrected chi connectivity index (χ0v) is 11.7. The van der Waals surface area contributed by atoms with Crippen molar-refractivity contribution in [2.75, 3.05) is 6.61 Å². The van der Waals surface area contributed by atoms with Crippen LogP contribution >= 0.6 is 15.9 Å². The van der Waals surface area contributed by atoms with Crippen LogP contribution < -0.4 is 0 Å². The maximum Gasteiger partial charge on any atom is 0.361 e. The number of benzene rings is 1. The van der Waals surface area contributed by atoms with E-state index in [0.717, 1.165) is 0 Å². The highest BCUT2D eigenvalue weighted by atomic mass is 79.9. The molecule has 2 rings (SSSR count). The molecule has 0 amide bonds. The lowest BCUT2D eigenvalue weighted by Gasteiger charge is -2.06. The molecule has 0 aliphatic heterocycles. The number of esters is 1. The van der Waals surface area contributed by atoms with E-state index in [1.54, 1.807) is 13.0 Å². The summed E-state index contributed by atoms with van der Waals surface area (Å²) < 4.78 is 18.1. The molecule has 0 bridgehead atoms. The molecule has 1 heterocycles. The molecular formula is C12H11BrFN3O2. The molecule has 1 aromatic carbocycles. The van der Waals surface area contributed by atoms with Gasteiger partial charge >= 0.3 is 5.97 Å². The third-order valence-corrected chi connectivity index (χ3v) is 3.09. The number of aromatic amines is 1. The highest BCUT2D eigenvalue weighted by Crippen LogP contribution is 2.26. The Morgan fingerprint density at radius 1 is 1.47 bits per heavy atom. The van der Waals surface area contributed by atoms with Gasteiger partial charge in [0.15, 0.2) is 5.69 Å². The van der Waals surface area contributed by atoms with E-state index < -0.39 is 5.97 Å². The van der Waals surface area contributed by atoms with Gasteiger partial charge in [-0.2, -0.15) is 10.3 Å². The fraction of sp³-hybridized carbons (Fsp3) is 0.250. The van der Waals surface area contributed by atoms with Crippen LogP contribution in [0, 0.1) is 5.82 Å². The van der Waals surface area contributed by atoms with Crippen molar-refractivity contribution in [3.63, 3.8) is 0 Å². The first-order valence-corrected chi connectivity index (χ1v) is 6.72. The molecule has 1 aromatic heterocycles. The molecule has 0 unspecified atom stereocenters. The van der Waals surface area contributed by atoms with Gasteiger partial charge in [0.1, 0.15) is 11.5 Å². The quantitative estimate of drug-likeness (QED) is 0.692. The first-order chi connectivity index (χ1) is 9.17. The number of hydrogen-bond donors (Lipinski definition) is 1. The Kier molecular flexibility index (Phi) is 4.26. The highest BCUT2D eigenvalue weighted by molar-refractivity contribution is 9.08. The van der Waals surface area contributed by atoms with Crippen LogP contribution in [0.4, 0.5) is 4.39 Å². The number of carbonyl (C=O) groups is 1. The van der Waals surface area contributed by atoms with Gasteiger partial charge in [0.05, 0.1) is 6.61 Å². The van der Waals surface area contributed by atoms with E-state index in [-0.39, 0.29) is 18.1 Å². The Morgan fingerprint density at radius 2 is 2.26 bits per heavy atom. The number of aromatic nitrogens is 3. The summed E-state index contributed by atoms with van der Waals surface area (Å²) in [5.41, 5.74) is 1.76. The largest absolute Gasteiger partial charge is 0.461 e. The molecule has 1 N–H and O–H groups in total. The van der Waals surface area contributed by atoms with Crippen LogP contribution in [0.2, 0.25) is 0 Å². The summed E-state index contributed by atoms with van der Waals surface area (Å²) in [6.45, 7) is 1.96. The molecule has 19 heavy (non-hydrogen) atoms. The Balaban J connectivity index is 2.48. The average Bonchev–Trinajstić information content (AvgIpc) is 2.88. The molecule has 0 atom stereocenters. The number of hydrogen-bond acceptors (Lipinski definition) is 4. The number of nitrogens with one attached hydrogen (secondary N) is 1. The third-order valence-electron chi connectivity index (χ3n) is 2.48. The summed E-state index contributed by atoms with van der Waals surface area (Å²) >= 11 is 3.28. The molecule has 0 saturated carbocycles. The molecule has 0 radical (unpaired) electrons. The summed E-state index contributed by atoms with van der Waals surface area (Å²) in [7, 11) is 0. The van der Waals surface area contributed by atoms with E-state index in [4.69, 9.17) is 4.74 Å². The Labute approximate surface area is 117 Å². The second-order valence-corrected chi connectivity index (χ2v) is 4.24. The number of ether oxygens (including phenoxy) is 1. The maximum absolute atomic E-state index is 13.2. The van der Waals surface area contributed by atoms with Crippen LogP contribution in [0.25, 0.3) is 11.3 Å². The Bertz CT molecular complexity index is 600. The van der Waals surface area contributed by atoms with Crippen LogP contribution in [0.5, 0.6) is 0 Å². The summed E-state index contributed by atoms with van der Waals surface area (Å²) in [4.78, 5) is 11.7. The van der Waals surface area contributed by atoms with Crippen LogP contribution in [-0.2, 0) is 10.1 Å². The molecule has 0 spiro atoms. The SMILES string of the molecule is CCOC(=O)c1n[nH]nc1-c1ccc(F)cc1CBr. The van der Waals surface area contributed by atoms with Gasteiger partial charge in [0.2, 0.25) is 0 Å². The monoisotopic (exact) mass is 327 g/mol. The summed E-state index contributed by atoms with van der Waals surface area (Å²) in [5.74, 6) is -0.907. The van der Waals surface area contributed by atoms with E-state index in [0.29, 0.717) is 22.2 Å². The average molecular weight is 328 g/mol. The van der Waals surface area contributed by atoms with E-state index in [1.807, 2.05) is 0 Å². The number of carbonyl (C=O) groups excluding carboxylic acids is 1. The zero-order valence-electron chi connectivity index (χ0n) is 10.1. The molecule has 0 fully saturated rings. The molecule has 2 aromatic rings. The fourth-order valence-corrected chi connectivity index (χ4v) is 2.13. The smallest absolute Gasteiger partial charge is 0.361 e. The maximum atomic E-state index is 13.2. The standard InChI is InChI=1S/C12H11BrFN3O2/c1-2-19-12(18)11-10(15-17-16-11)9-4-3-8(14)5-7(9)6-13/h3-5H,2,6H2,1H3,(H,15,16,17). The van der Waals surface area contributed by atoms with Gasteiger partial charge in [-0.3, -0.25) is 0 Å². The summed E-state index contributed by atoms with van der Waals surface area (Å²) in [5, 5.41) is 10.6. The van der Waals surface area contributed by atoms with Gasteiger partial charge in [-0.05, 0) is 30.7 Å². The predicted octanol–water partition coefficient (Wildman–Crippen LogP) is 2.68. The molecule has 5 nitrogen and oxygen atoms in total. The minimum absolute atomic E-state index is 0.0932. The second-order valence-electron chi connectivity index (χ2n) is 3.68. The number of alkyl halides is 1. The van der Waals surface area contributed by atoms with Gasteiger partial charge in [-0.15, -0.1) is 5.10 Å². The van der Waals surface area contributed by atoms with Crippen molar-refractivity contribution >= 4 is 21.9 Å². The van der Waals surface area contributed by atoms with Crippen LogP contribution in [0.15, 0.2) is 18.2 Å². The minimum atomic E-state index is -0.559. The molecule has 0 aliphatic rings. The van der Waals surface area contributed by atoms with E-state index >= 15 is 0 Å². The van der Waals surface area contributed by atoms with E-state index in [9.17, 15) is 9.18 Å². The van der Waals surface area contributed by atoms with Crippen molar-refractivity contribution in [1.82, 2.24) is 15.4 Å². The van der Waals surface area contributed by atoms with Crippen molar-refractivity contribution in [1.29, 1.82) is 0 Å². The summed E-state index contributed by atoms with van der Waals surface area (Å²) in [6, 6.07) is 4.26. The summed E-state index contributed by atoms with van der Waals surface area (Å²) in [6.07, 6.45) is 0. The number of H-pyrrole nitrogens is 1. The first-order valence-electron chi connectivity index (χ1n) is 5.60. The van der Waals surface area contributed by atoms with Gasteiger partial charge in [-0.1, -0.05) is 15.9 Å². The lowest BCUT2D eigenvalue weighted by atomic mass is 10.0. The lowest BCUT2D eigenvalue weighted by Crippen LogP contribution is -2.07. The molecular weight excluding hydrogens is 317 g/mol. The van der Waals surface area contributed by atoms with Gasteiger partial charge in [0, 0.05) is 10.9 Å². The van der Waals surface area contributed by atoms with Crippen molar-refractivity contribution in [3.8, 4) is 11.3 Å². The lowest BCUT2D eigenvalue weighted by molar-refractivity contribution is 0.0520. The number of rotatable bonds is 4. The fourth-order valence-electron chi connectivity index (χ4n) is 1.66. The van der Waals surface area contributed by atoms with Gasteiger partial charge in [0.25, 0.3) is 0 Å². The predicted molar refractivity (Wildman–Crippen MR) is 70.4 cm³/mol. The van der Waals surface area contributed by atoms with Crippen LogP contribution in [0.3, 0.4) is 0 Å². The second kappa shape index (κ2) is 5.92. The highest BCUT2D eigenvalue weighted by Gasteiger charge is 2.20. The third kappa shape index (κ3) is 2.81. The first kappa shape index (κ1) is 13.7. The van der Waals surface area contributed by atoms with Gasteiger partial charge in [-0.25, -0.2) is 9.18 Å². The van der Waals surface area contributed by atoms with Crippen molar-refractivity contribution in [2.24, 2.45) is 0 Å². The number of halogens is 2. The minimum Gasteiger partial charge on any atom is -0.461 e. The van der Waals surface area contributed by atoms with Crippen LogP contribution in [0.1, 0.15) is 23.0 Å². The molecule has 7 heteroatoms. The normalized spacial score (nSPS) is 10.5. The van der Waals surface area contributed by atoms with E-state index in [1.165, 1.54) is 12.1 Å². The van der Waals surface area contributed by atoms with Crippen molar-refractivity contribution in [3.05, 3.63) is 35.3 Å².